The van der Waals surface area contributed by atoms with E-state index in [0.29, 0.717) is 5.15 Å². The maximum Gasteiger partial charge on any atom is 0.220 e. The lowest BCUT2D eigenvalue weighted by Gasteiger charge is -2.32. The second-order valence-corrected chi connectivity index (χ2v) is 6.00. The maximum atomic E-state index is 11.2. The molecule has 0 saturated carbocycles. The van der Waals surface area contributed by atoms with Gasteiger partial charge in [0.05, 0.1) is 0 Å². The number of amides is 1. The van der Waals surface area contributed by atoms with Crippen molar-refractivity contribution in [2.45, 2.75) is 39.5 Å². The number of hydrogen-bond donors (Lipinski definition) is 1. The highest BCUT2D eigenvalue weighted by Gasteiger charge is 2.25. The van der Waals surface area contributed by atoms with E-state index in [9.17, 15) is 4.79 Å². The van der Waals surface area contributed by atoms with Crippen LogP contribution in [0.4, 0.5) is 5.82 Å². The van der Waals surface area contributed by atoms with Gasteiger partial charge in [0, 0.05) is 30.5 Å². The van der Waals surface area contributed by atoms with Gasteiger partial charge in [-0.2, -0.15) is 0 Å². The summed E-state index contributed by atoms with van der Waals surface area (Å²) in [6.45, 7) is 7.58. The first-order valence-electron chi connectivity index (χ1n) is 6.98. The van der Waals surface area contributed by atoms with E-state index >= 15 is 0 Å². The Kier molecular flexibility index (Phi) is 4.48. The number of carbonyl (C=O) groups excluding carboxylic acids is 1. The SMILES string of the molecule is Cc1c(Cl)nc(C(C)C)nc1N1CCC(C(N)=O)CC1. The van der Waals surface area contributed by atoms with E-state index in [0.717, 1.165) is 43.1 Å². The van der Waals surface area contributed by atoms with Gasteiger partial charge in [0.1, 0.15) is 16.8 Å². The molecule has 0 unspecified atom stereocenters. The molecule has 0 radical (unpaired) electrons. The molecule has 2 N–H and O–H groups in total. The second-order valence-electron chi connectivity index (χ2n) is 5.64. The van der Waals surface area contributed by atoms with Crippen LogP contribution in [0, 0.1) is 12.8 Å². The highest BCUT2D eigenvalue weighted by Crippen LogP contribution is 2.29. The van der Waals surface area contributed by atoms with Crippen molar-refractivity contribution in [3.05, 3.63) is 16.5 Å². The van der Waals surface area contributed by atoms with Crippen molar-refractivity contribution in [2.24, 2.45) is 11.7 Å². The van der Waals surface area contributed by atoms with Gasteiger partial charge >= 0.3 is 0 Å². The summed E-state index contributed by atoms with van der Waals surface area (Å²) in [7, 11) is 0. The summed E-state index contributed by atoms with van der Waals surface area (Å²) >= 11 is 6.21. The lowest BCUT2D eigenvalue weighted by Crippen LogP contribution is -2.39. The fraction of sp³-hybridized carbons (Fsp3) is 0.643. The second kappa shape index (κ2) is 5.95. The Morgan fingerprint density at radius 2 is 1.95 bits per heavy atom. The van der Waals surface area contributed by atoms with E-state index in [4.69, 9.17) is 17.3 Å². The van der Waals surface area contributed by atoms with Gasteiger partial charge in [-0.3, -0.25) is 4.79 Å². The summed E-state index contributed by atoms with van der Waals surface area (Å²) < 4.78 is 0. The molecule has 1 aromatic rings. The van der Waals surface area contributed by atoms with Crippen LogP contribution in [0.2, 0.25) is 5.15 Å². The minimum Gasteiger partial charge on any atom is -0.369 e. The number of primary amides is 1. The zero-order valence-corrected chi connectivity index (χ0v) is 12.9. The van der Waals surface area contributed by atoms with Crippen LogP contribution in [0.15, 0.2) is 0 Å². The van der Waals surface area contributed by atoms with Gasteiger partial charge in [-0.25, -0.2) is 9.97 Å². The first-order valence-corrected chi connectivity index (χ1v) is 7.36. The van der Waals surface area contributed by atoms with Gasteiger partial charge in [0.15, 0.2) is 0 Å². The number of piperidine rings is 1. The molecule has 1 aliphatic rings. The van der Waals surface area contributed by atoms with Crippen molar-refractivity contribution >= 4 is 23.3 Å². The van der Waals surface area contributed by atoms with Gasteiger partial charge in [0.2, 0.25) is 5.91 Å². The zero-order chi connectivity index (χ0) is 14.9. The number of hydrogen-bond acceptors (Lipinski definition) is 4. The molecule has 0 spiro atoms. The zero-order valence-electron chi connectivity index (χ0n) is 12.2. The van der Waals surface area contributed by atoms with Crippen LogP contribution in [-0.4, -0.2) is 29.0 Å². The third kappa shape index (κ3) is 3.03. The van der Waals surface area contributed by atoms with Gasteiger partial charge in [0.25, 0.3) is 0 Å². The quantitative estimate of drug-likeness (QED) is 0.869. The number of halogens is 1. The lowest BCUT2D eigenvalue weighted by atomic mass is 9.96. The molecule has 0 aromatic carbocycles. The van der Waals surface area contributed by atoms with E-state index in [1.807, 2.05) is 20.8 Å². The van der Waals surface area contributed by atoms with Gasteiger partial charge in [-0.05, 0) is 19.8 Å². The van der Waals surface area contributed by atoms with Crippen LogP contribution in [0.1, 0.15) is 44.0 Å². The van der Waals surface area contributed by atoms with Crippen molar-refractivity contribution < 1.29 is 4.79 Å². The summed E-state index contributed by atoms with van der Waals surface area (Å²) in [5.74, 6) is 1.65. The number of carbonyl (C=O) groups is 1. The van der Waals surface area contributed by atoms with E-state index < -0.39 is 0 Å². The molecule has 110 valence electrons. The maximum absolute atomic E-state index is 11.2. The van der Waals surface area contributed by atoms with Gasteiger partial charge < -0.3 is 10.6 Å². The van der Waals surface area contributed by atoms with Crippen molar-refractivity contribution in [3.63, 3.8) is 0 Å². The highest BCUT2D eigenvalue weighted by molar-refractivity contribution is 6.30. The van der Waals surface area contributed by atoms with Gasteiger partial charge in [-0.15, -0.1) is 0 Å². The first kappa shape index (κ1) is 15.0. The fourth-order valence-corrected chi connectivity index (χ4v) is 2.61. The topological polar surface area (TPSA) is 72.1 Å². The van der Waals surface area contributed by atoms with Crippen molar-refractivity contribution in [3.8, 4) is 0 Å². The third-order valence-corrected chi connectivity index (χ3v) is 4.16. The number of nitrogens with zero attached hydrogens (tertiary/aromatic N) is 3. The Morgan fingerprint density at radius 1 is 1.35 bits per heavy atom. The number of aromatic nitrogens is 2. The van der Waals surface area contributed by atoms with Crippen LogP contribution < -0.4 is 10.6 Å². The summed E-state index contributed by atoms with van der Waals surface area (Å²) in [6, 6.07) is 0. The van der Waals surface area contributed by atoms with Crippen LogP contribution >= 0.6 is 11.6 Å². The number of rotatable bonds is 3. The molecule has 1 aliphatic heterocycles. The molecular weight excluding hydrogens is 276 g/mol. The molecular formula is C14H21ClN4O. The Bertz CT molecular complexity index is 510. The van der Waals surface area contributed by atoms with E-state index in [2.05, 4.69) is 14.9 Å². The average Bonchev–Trinajstić information content (AvgIpc) is 2.41. The molecule has 1 amide bonds. The van der Waals surface area contributed by atoms with Gasteiger partial charge in [-0.1, -0.05) is 25.4 Å². The predicted octanol–water partition coefficient (Wildman–Crippen LogP) is 2.26. The molecule has 1 fully saturated rings. The minimum absolute atomic E-state index is 0.0200. The van der Waals surface area contributed by atoms with Crippen molar-refractivity contribution in [2.75, 3.05) is 18.0 Å². The molecule has 0 atom stereocenters. The highest BCUT2D eigenvalue weighted by atomic mass is 35.5. The Morgan fingerprint density at radius 3 is 2.45 bits per heavy atom. The van der Waals surface area contributed by atoms with E-state index in [-0.39, 0.29) is 17.7 Å². The van der Waals surface area contributed by atoms with Crippen LogP contribution in [0.5, 0.6) is 0 Å². The smallest absolute Gasteiger partial charge is 0.220 e. The third-order valence-electron chi connectivity index (χ3n) is 3.79. The molecule has 0 bridgehead atoms. The molecule has 1 aromatic heterocycles. The number of nitrogens with two attached hydrogens (primary N) is 1. The normalized spacial score (nSPS) is 16.8. The van der Waals surface area contributed by atoms with E-state index in [1.165, 1.54) is 0 Å². The predicted molar refractivity (Wildman–Crippen MR) is 80.0 cm³/mol. The number of anilines is 1. The molecule has 2 rings (SSSR count). The summed E-state index contributed by atoms with van der Waals surface area (Å²) in [4.78, 5) is 22.4. The summed E-state index contributed by atoms with van der Waals surface area (Å²) in [5.41, 5.74) is 6.26. The van der Waals surface area contributed by atoms with Crippen LogP contribution in [-0.2, 0) is 4.79 Å². The largest absolute Gasteiger partial charge is 0.369 e. The first-order chi connectivity index (χ1) is 9.40. The summed E-state index contributed by atoms with van der Waals surface area (Å²) in [5, 5.41) is 0.510. The molecule has 1 saturated heterocycles. The van der Waals surface area contributed by atoms with Crippen molar-refractivity contribution in [1.82, 2.24) is 9.97 Å². The van der Waals surface area contributed by atoms with Crippen LogP contribution in [0.25, 0.3) is 0 Å². The standard InChI is InChI=1S/C14H21ClN4O/c1-8(2)13-17-11(15)9(3)14(18-13)19-6-4-10(5-7-19)12(16)20/h8,10H,4-7H2,1-3H3,(H2,16,20). The summed E-state index contributed by atoms with van der Waals surface area (Å²) in [6.07, 6.45) is 1.54. The lowest BCUT2D eigenvalue weighted by molar-refractivity contribution is -0.122. The molecule has 6 heteroatoms. The minimum atomic E-state index is -0.204. The van der Waals surface area contributed by atoms with E-state index in [1.54, 1.807) is 0 Å². The molecule has 0 aliphatic carbocycles. The Balaban J connectivity index is 2.23. The Hall–Kier alpha value is -1.36. The average molecular weight is 297 g/mol. The van der Waals surface area contributed by atoms with Crippen LogP contribution in [0.3, 0.4) is 0 Å². The molecule has 5 nitrogen and oxygen atoms in total. The molecule has 20 heavy (non-hydrogen) atoms. The Labute approximate surface area is 124 Å². The molecule has 2 heterocycles. The fourth-order valence-electron chi connectivity index (χ4n) is 2.44. The van der Waals surface area contributed by atoms with Crippen molar-refractivity contribution in [1.29, 1.82) is 0 Å². The monoisotopic (exact) mass is 296 g/mol.